The van der Waals surface area contributed by atoms with Crippen molar-refractivity contribution in [2.75, 3.05) is 26.3 Å². The minimum Gasteiger partial charge on any atom is -0.463 e. The molecule has 0 N–H and O–H groups in total. The van der Waals surface area contributed by atoms with Gasteiger partial charge in [0.05, 0.1) is 25.0 Å². The number of hydrogen-bond acceptors (Lipinski definition) is 7. The highest BCUT2D eigenvalue weighted by Crippen LogP contribution is 2.36. The molecule has 25 heavy (non-hydrogen) atoms. The lowest BCUT2D eigenvalue weighted by atomic mass is 9.91. The van der Waals surface area contributed by atoms with Gasteiger partial charge in [-0.1, -0.05) is 5.16 Å². The number of rotatable bonds is 6. The Bertz CT molecular complexity index is 720. The van der Waals surface area contributed by atoms with E-state index >= 15 is 0 Å². The number of fused-ring (bicyclic) bond motifs is 1. The highest BCUT2D eigenvalue weighted by atomic mass is 16.5. The SMILES string of the molecule is Cc1ccnc(OCC[C@H]2CO[C@H]3CN(Cc4cc(C)on4)C[C@@H]23)n1. The number of aromatic nitrogens is 3. The molecule has 0 spiro atoms. The van der Waals surface area contributed by atoms with E-state index in [4.69, 9.17) is 14.0 Å². The maximum atomic E-state index is 6.01. The predicted molar refractivity (Wildman–Crippen MR) is 90.1 cm³/mol. The molecular weight excluding hydrogens is 320 g/mol. The summed E-state index contributed by atoms with van der Waals surface area (Å²) < 4.78 is 16.9. The van der Waals surface area contributed by atoms with E-state index in [-0.39, 0.29) is 0 Å². The van der Waals surface area contributed by atoms with Crippen LogP contribution in [0.1, 0.15) is 23.6 Å². The van der Waals surface area contributed by atoms with Gasteiger partial charge in [-0.15, -0.1) is 0 Å². The van der Waals surface area contributed by atoms with Gasteiger partial charge in [0.15, 0.2) is 0 Å². The summed E-state index contributed by atoms with van der Waals surface area (Å²) in [5.41, 5.74) is 1.91. The quantitative estimate of drug-likeness (QED) is 0.793. The maximum absolute atomic E-state index is 6.01. The third kappa shape index (κ3) is 3.82. The van der Waals surface area contributed by atoms with Gasteiger partial charge in [0.25, 0.3) is 0 Å². The van der Waals surface area contributed by atoms with Gasteiger partial charge in [-0.2, -0.15) is 0 Å². The van der Waals surface area contributed by atoms with Crippen molar-refractivity contribution in [1.82, 2.24) is 20.0 Å². The first kappa shape index (κ1) is 16.5. The van der Waals surface area contributed by atoms with E-state index in [0.29, 0.717) is 30.6 Å². The summed E-state index contributed by atoms with van der Waals surface area (Å²) in [5.74, 6) is 1.95. The summed E-state index contributed by atoms with van der Waals surface area (Å²) in [6.45, 7) is 8.15. The van der Waals surface area contributed by atoms with Crippen LogP contribution in [0.25, 0.3) is 0 Å². The second-order valence-electron chi connectivity index (χ2n) is 7.04. The third-order valence-electron chi connectivity index (χ3n) is 5.07. The van der Waals surface area contributed by atoms with Crippen LogP contribution in [0, 0.1) is 25.7 Å². The molecule has 134 valence electrons. The van der Waals surface area contributed by atoms with Crippen LogP contribution in [-0.2, 0) is 11.3 Å². The molecule has 2 aromatic heterocycles. The van der Waals surface area contributed by atoms with Crippen molar-refractivity contribution in [1.29, 1.82) is 0 Å². The second kappa shape index (κ2) is 7.09. The molecule has 0 amide bonds. The van der Waals surface area contributed by atoms with E-state index in [1.807, 2.05) is 26.0 Å². The van der Waals surface area contributed by atoms with E-state index in [1.165, 1.54) is 0 Å². The first-order valence-corrected chi connectivity index (χ1v) is 8.86. The van der Waals surface area contributed by atoms with Crippen molar-refractivity contribution in [3.05, 3.63) is 35.5 Å². The second-order valence-corrected chi connectivity index (χ2v) is 7.04. The van der Waals surface area contributed by atoms with E-state index in [9.17, 15) is 0 Å². The van der Waals surface area contributed by atoms with Crippen molar-refractivity contribution in [3.63, 3.8) is 0 Å². The molecule has 0 aliphatic carbocycles. The number of nitrogens with zero attached hydrogens (tertiary/aromatic N) is 4. The van der Waals surface area contributed by atoms with Gasteiger partial charge in [0.2, 0.25) is 0 Å². The Hall–Kier alpha value is -1.99. The topological polar surface area (TPSA) is 73.5 Å². The Morgan fingerprint density at radius 3 is 3.04 bits per heavy atom. The largest absolute Gasteiger partial charge is 0.463 e. The fourth-order valence-electron chi connectivity index (χ4n) is 3.82. The van der Waals surface area contributed by atoms with E-state index in [2.05, 4.69) is 20.0 Å². The molecule has 0 saturated carbocycles. The molecule has 0 radical (unpaired) electrons. The van der Waals surface area contributed by atoms with Crippen LogP contribution in [0.5, 0.6) is 6.01 Å². The Morgan fingerprint density at radius 1 is 1.32 bits per heavy atom. The number of ether oxygens (including phenoxy) is 2. The van der Waals surface area contributed by atoms with Gasteiger partial charge in [0.1, 0.15) is 5.76 Å². The summed E-state index contributed by atoms with van der Waals surface area (Å²) in [5, 5.41) is 4.09. The molecule has 2 aliphatic rings. The highest BCUT2D eigenvalue weighted by molar-refractivity contribution is 5.05. The lowest BCUT2D eigenvalue weighted by Gasteiger charge is -2.18. The van der Waals surface area contributed by atoms with E-state index in [1.54, 1.807) is 6.20 Å². The van der Waals surface area contributed by atoms with Gasteiger partial charge in [-0.3, -0.25) is 4.90 Å². The first-order valence-electron chi connectivity index (χ1n) is 8.86. The molecule has 2 aromatic rings. The number of aryl methyl sites for hydroxylation is 2. The van der Waals surface area contributed by atoms with Crippen LogP contribution in [0.2, 0.25) is 0 Å². The highest BCUT2D eigenvalue weighted by Gasteiger charge is 2.43. The number of likely N-dealkylation sites (tertiary alicyclic amines) is 1. The molecule has 4 heterocycles. The van der Waals surface area contributed by atoms with Crippen LogP contribution in [0.3, 0.4) is 0 Å². The fraction of sp³-hybridized carbons (Fsp3) is 0.611. The minimum atomic E-state index is 0.327. The molecule has 2 saturated heterocycles. The molecule has 4 rings (SSSR count). The molecule has 2 aliphatic heterocycles. The molecule has 0 aromatic carbocycles. The summed E-state index contributed by atoms with van der Waals surface area (Å²) in [6.07, 6.45) is 3.02. The maximum Gasteiger partial charge on any atom is 0.316 e. The van der Waals surface area contributed by atoms with Gasteiger partial charge >= 0.3 is 6.01 Å². The lowest BCUT2D eigenvalue weighted by molar-refractivity contribution is 0.0918. The van der Waals surface area contributed by atoms with Crippen molar-refractivity contribution in [3.8, 4) is 6.01 Å². The van der Waals surface area contributed by atoms with Crippen molar-refractivity contribution in [2.24, 2.45) is 11.8 Å². The van der Waals surface area contributed by atoms with E-state index in [0.717, 1.165) is 49.8 Å². The zero-order chi connectivity index (χ0) is 17.2. The average Bonchev–Trinajstić information content (AvgIpc) is 3.25. The van der Waals surface area contributed by atoms with Gasteiger partial charge in [-0.25, -0.2) is 9.97 Å². The van der Waals surface area contributed by atoms with Crippen LogP contribution < -0.4 is 4.74 Å². The van der Waals surface area contributed by atoms with Crippen molar-refractivity contribution >= 4 is 0 Å². The zero-order valence-electron chi connectivity index (χ0n) is 14.7. The Kier molecular flexibility index (Phi) is 4.67. The van der Waals surface area contributed by atoms with Gasteiger partial charge < -0.3 is 14.0 Å². The van der Waals surface area contributed by atoms with Crippen molar-refractivity contribution in [2.45, 2.75) is 32.9 Å². The first-order chi connectivity index (χ1) is 12.2. The fourth-order valence-corrected chi connectivity index (χ4v) is 3.82. The third-order valence-corrected chi connectivity index (χ3v) is 5.07. The minimum absolute atomic E-state index is 0.327. The average molecular weight is 344 g/mol. The Morgan fingerprint density at radius 2 is 2.24 bits per heavy atom. The Labute approximate surface area is 147 Å². The van der Waals surface area contributed by atoms with Gasteiger partial charge in [0, 0.05) is 43.5 Å². The standard InChI is InChI=1S/C18H24N4O3/c1-12-3-5-19-18(20-12)23-6-4-14-11-24-17-10-22(9-16(14)17)8-15-7-13(2)25-21-15/h3,5,7,14,16-17H,4,6,8-11H2,1-2H3/t14-,16-,17-/m0/s1. The van der Waals surface area contributed by atoms with E-state index < -0.39 is 0 Å². The molecule has 7 heteroatoms. The summed E-state index contributed by atoms with van der Waals surface area (Å²) in [6, 6.07) is 4.33. The Balaban J connectivity index is 1.27. The molecular formula is C18H24N4O3. The van der Waals surface area contributed by atoms with Crippen LogP contribution in [0.15, 0.2) is 22.9 Å². The number of hydrogen-bond donors (Lipinski definition) is 0. The summed E-state index contributed by atoms with van der Waals surface area (Å²) in [4.78, 5) is 10.8. The summed E-state index contributed by atoms with van der Waals surface area (Å²) >= 11 is 0. The van der Waals surface area contributed by atoms with Crippen LogP contribution in [0.4, 0.5) is 0 Å². The molecule has 7 nitrogen and oxygen atoms in total. The monoisotopic (exact) mass is 344 g/mol. The van der Waals surface area contributed by atoms with Crippen molar-refractivity contribution < 1.29 is 14.0 Å². The molecule has 0 unspecified atom stereocenters. The zero-order valence-corrected chi connectivity index (χ0v) is 14.7. The smallest absolute Gasteiger partial charge is 0.316 e. The normalized spacial score (nSPS) is 26.1. The molecule has 0 bridgehead atoms. The van der Waals surface area contributed by atoms with Gasteiger partial charge in [-0.05, 0) is 32.3 Å². The molecule has 2 fully saturated rings. The van der Waals surface area contributed by atoms with Crippen LogP contribution >= 0.6 is 0 Å². The predicted octanol–water partition coefficient (Wildman–Crippen LogP) is 2.00. The summed E-state index contributed by atoms with van der Waals surface area (Å²) in [7, 11) is 0. The van der Waals surface area contributed by atoms with Crippen LogP contribution in [-0.4, -0.2) is 52.4 Å². The molecule has 3 atom stereocenters. The lowest BCUT2D eigenvalue weighted by Crippen LogP contribution is -2.25.